The quantitative estimate of drug-likeness (QED) is 0.865. The number of likely N-dealkylation sites (tertiary alicyclic amines) is 1. The van der Waals surface area contributed by atoms with Crippen LogP contribution < -0.4 is 16.0 Å². The summed E-state index contributed by atoms with van der Waals surface area (Å²) in [5.74, 6) is 0.632. The summed E-state index contributed by atoms with van der Waals surface area (Å²) in [5.41, 5.74) is 6.38. The average molecular weight is 345 g/mol. The van der Waals surface area contributed by atoms with Crippen LogP contribution in [-0.2, 0) is 11.3 Å². The number of pyridine rings is 1. The summed E-state index contributed by atoms with van der Waals surface area (Å²) < 4.78 is 0. The molecule has 0 saturated carbocycles. The SMILES string of the molecule is NC(=O)C1CCN(C(=O)NCc2ccnc(N3CCCCC3)c2)CC1. The van der Waals surface area contributed by atoms with E-state index in [-0.39, 0.29) is 17.9 Å². The summed E-state index contributed by atoms with van der Waals surface area (Å²) in [7, 11) is 0. The van der Waals surface area contributed by atoms with Gasteiger partial charge in [-0.25, -0.2) is 9.78 Å². The number of nitrogens with two attached hydrogens (primary N) is 1. The van der Waals surface area contributed by atoms with Crippen LogP contribution in [0, 0.1) is 5.92 Å². The zero-order valence-electron chi connectivity index (χ0n) is 14.6. The van der Waals surface area contributed by atoms with E-state index in [4.69, 9.17) is 5.73 Å². The number of rotatable bonds is 4. The van der Waals surface area contributed by atoms with Gasteiger partial charge in [0, 0.05) is 44.8 Å². The van der Waals surface area contributed by atoms with Gasteiger partial charge in [-0.2, -0.15) is 0 Å². The standard InChI is InChI=1S/C18H27N5O2/c19-17(24)15-5-10-23(11-6-15)18(25)21-13-14-4-7-20-16(12-14)22-8-2-1-3-9-22/h4,7,12,15H,1-3,5-6,8-11,13H2,(H2,19,24)(H,21,25). The number of nitrogens with zero attached hydrogens (tertiary/aromatic N) is 3. The van der Waals surface area contributed by atoms with Crippen molar-refractivity contribution in [3.8, 4) is 0 Å². The Morgan fingerprint density at radius 1 is 1.16 bits per heavy atom. The number of urea groups is 1. The lowest BCUT2D eigenvalue weighted by molar-refractivity contribution is -0.123. The highest BCUT2D eigenvalue weighted by molar-refractivity contribution is 5.78. The van der Waals surface area contributed by atoms with Gasteiger partial charge in [0.25, 0.3) is 0 Å². The molecule has 2 aliphatic rings. The summed E-state index contributed by atoms with van der Waals surface area (Å²) in [4.78, 5) is 32.0. The van der Waals surface area contributed by atoms with Gasteiger partial charge in [-0.1, -0.05) is 0 Å². The smallest absolute Gasteiger partial charge is 0.317 e. The molecule has 0 atom stereocenters. The molecule has 0 bridgehead atoms. The molecule has 7 nitrogen and oxygen atoms in total. The van der Waals surface area contributed by atoms with E-state index in [1.807, 2.05) is 12.3 Å². The van der Waals surface area contributed by atoms with E-state index in [0.717, 1.165) is 24.5 Å². The van der Waals surface area contributed by atoms with E-state index < -0.39 is 0 Å². The van der Waals surface area contributed by atoms with Gasteiger partial charge in [0.15, 0.2) is 0 Å². The summed E-state index contributed by atoms with van der Waals surface area (Å²) in [6.07, 6.45) is 6.82. The first kappa shape index (κ1) is 17.5. The second-order valence-corrected chi connectivity index (χ2v) is 6.89. The zero-order valence-corrected chi connectivity index (χ0v) is 14.6. The molecule has 25 heavy (non-hydrogen) atoms. The Labute approximate surface area is 148 Å². The van der Waals surface area contributed by atoms with Crippen molar-refractivity contribution in [2.45, 2.75) is 38.6 Å². The molecular weight excluding hydrogens is 318 g/mol. The largest absolute Gasteiger partial charge is 0.369 e. The minimum atomic E-state index is -0.262. The average Bonchev–Trinajstić information content (AvgIpc) is 2.67. The first-order valence-corrected chi connectivity index (χ1v) is 9.15. The van der Waals surface area contributed by atoms with Crippen molar-refractivity contribution in [1.29, 1.82) is 0 Å². The molecule has 0 unspecified atom stereocenters. The third-order valence-corrected chi connectivity index (χ3v) is 5.12. The van der Waals surface area contributed by atoms with E-state index >= 15 is 0 Å². The van der Waals surface area contributed by atoms with Crippen LogP contribution >= 0.6 is 0 Å². The van der Waals surface area contributed by atoms with Crippen molar-refractivity contribution in [2.75, 3.05) is 31.1 Å². The number of piperidine rings is 2. The summed E-state index contributed by atoms with van der Waals surface area (Å²) >= 11 is 0. The molecule has 136 valence electrons. The summed E-state index contributed by atoms with van der Waals surface area (Å²) in [6.45, 7) is 3.75. The van der Waals surface area contributed by atoms with E-state index in [1.165, 1.54) is 19.3 Å². The molecule has 1 aromatic rings. The number of hydrogen-bond donors (Lipinski definition) is 2. The van der Waals surface area contributed by atoms with E-state index in [2.05, 4.69) is 21.3 Å². The third-order valence-electron chi connectivity index (χ3n) is 5.12. The molecule has 2 aliphatic heterocycles. The number of hydrogen-bond acceptors (Lipinski definition) is 4. The van der Waals surface area contributed by atoms with Crippen molar-refractivity contribution in [3.63, 3.8) is 0 Å². The fourth-order valence-electron chi connectivity index (χ4n) is 3.52. The van der Waals surface area contributed by atoms with Gasteiger partial charge in [0.2, 0.25) is 5.91 Å². The molecule has 0 aliphatic carbocycles. The third kappa shape index (κ3) is 4.61. The van der Waals surface area contributed by atoms with E-state index in [9.17, 15) is 9.59 Å². The zero-order chi connectivity index (χ0) is 17.6. The van der Waals surface area contributed by atoms with Gasteiger partial charge in [0.1, 0.15) is 5.82 Å². The molecule has 0 spiro atoms. The topological polar surface area (TPSA) is 91.6 Å². The van der Waals surface area contributed by atoms with Gasteiger partial charge in [-0.05, 0) is 49.8 Å². The molecule has 3 rings (SSSR count). The number of carbonyl (C=O) groups excluding carboxylic acids is 2. The van der Waals surface area contributed by atoms with Crippen LogP contribution in [0.1, 0.15) is 37.7 Å². The number of primary amides is 1. The van der Waals surface area contributed by atoms with Crippen LogP contribution in [0.3, 0.4) is 0 Å². The predicted molar refractivity (Wildman–Crippen MR) is 96.0 cm³/mol. The van der Waals surface area contributed by atoms with Crippen molar-refractivity contribution >= 4 is 17.8 Å². The maximum Gasteiger partial charge on any atom is 0.317 e. The minimum Gasteiger partial charge on any atom is -0.369 e. The Morgan fingerprint density at radius 2 is 1.88 bits per heavy atom. The van der Waals surface area contributed by atoms with Crippen molar-refractivity contribution in [1.82, 2.24) is 15.2 Å². The highest BCUT2D eigenvalue weighted by Crippen LogP contribution is 2.19. The normalized spacial score (nSPS) is 18.9. The molecule has 3 amide bonds. The lowest BCUT2D eigenvalue weighted by Crippen LogP contribution is -2.46. The number of carbonyl (C=O) groups is 2. The first-order chi connectivity index (χ1) is 12.1. The van der Waals surface area contributed by atoms with Gasteiger partial charge in [-0.15, -0.1) is 0 Å². The lowest BCUT2D eigenvalue weighted by Gasteiger charge is -2.30. The highest BCUT2D eigenvalue weighted by atomic mass is 16.2. The van der Waals surface area contributed by atoms with Crippen LogP contribution in [0.5, 0.6) is 0 Å². The van der Waals surface area contributed by atoms with Crippen molar-refractivity contribution in [2.24, 2.45) is 11.7 Å². The minimum absolute atomic E-state index is 0.0840. The van der Waals surface area contributed by atoms with Crippen LogP contribution in [0.15, 0.2) is 18.3 Å². The van der Waals surface area contributed by atoms with Crippen molar-refractivity contribution in [3.05, 3.63) is 23.9 Å². The Bertz CT molecular complexity index is 607. The number of aromatic nitrogens is 1. The van der Waals surface area contributed by atoms with Crippen LogP contribution in [-0.4, -0.2) is 48.0 Å². The van der Waals surface area contributed by atoms with Gasteiger partial charge in [-0.3, -0.25) is 4.79 Å². The van der Waals surface area contributed by atoms with E-state index in [1.54, 1.807) is 4.90 Å². The Balaban J connectivity index is 1.50. The number of amides is 3. The molecule has 1 aromatic heterocycles. The maximum absolute atomic E-state index is 12.3. The van der Waals surface area contributed by atoms with E-state index in [0.29, 0.717) is 32.5 Å². The van der Waals surface area contributed by atoms with Gasteiger partial charge < -0.3 is 20.9 Å². The van der Waals surface area contributed by atoms with Crippen LogP contribution in [0.4, 0.5) is 10.6 Å². The Hall–Kier alpha value is -2.31. The fraction of sp³-hybridized carbons (Fsp3) is 0.611. The fourth-order valence-corrected chi connectivity index (χ4v) is 3.52. The molecule has 0 radical (unpaired) electrons. The predicted octanol–water partition coefficient (Wildman–Crippen LogP) is 1.48. The molecule has 7 heteroatoms. The summed E-state index contributed by atoms with van der Waals surface area (Å²) in [6, 6.07) is 3.91. The highest BCUT2D eigenvalue weighted by Gasteiger charge is 2.25. The van der Waals surface area contributed by atoms with Crippen molar-refractivity contribution < 1.29 is 9.59 Å². The van der Waals surface area contributed by atoms with Crippen LogP contribution in [0.2, 0.25) is 0 Å². The molecule has 2 fully saturated rings. The molecule has 3 heterocycles. The first-order valence-electron chi connectivity index (χ1n) is 9.15. The molecule has 3 N–H and O–H groups in total. The van der Waals surface area contributed by atoms with Gasteiger partial charge >= 0.3 is 6.03 Å². The Kier molecular flexibility index (Phi) is 5.73. The number of nitrogens with one attached hydrogen (secondary N) is 1. The monoisotopic (exact) mass is 345 g/mol. The molecule has 0 aromatic carbocycles. The second kappa shape index (κ2) is 8.18. The molecular formula is C18H27N5O2. The molecule has 2 saturated heterocycles. The maximum atomic E-state index is 12.3. The Morgan fingerprint density at radius 3 is 2.56 bits per heavy atom. The van der Waals surface area contributed by atoms with Gasteiger partial charge in [0.05, 0.1) is 0 Å². The van der Waals surface area contributed by atoms with Crippen LogP contribution in [0.25, 0.3) is 0 Å². The lowest BCUT2D eigenvalue weighted by atomic mass is 9.96. The summed E-state index contributed by atoms with van der Waals surface area (Å²) in [5, 5.41) is 2.97. The number of anilines is 1. The second-order valence-electron chi connectivity index (χ2n) is 6.89.